The summed E-state index contributed by atoms with van der Waals surface area (Å²) >= 11 is 7.56. The van der Waals surface area contributed by atoms with Gasteiger partial charge in [0.1, 0.15) is 6.04 Å². The molecule has 1 atom stereocenters. The molecule has 1 aliphatic carbocycles. The molecule has 5 nitrogen and oxygen atoms in total. The Balaban J connectivity index is 1.83. The molecule has 1 N–H and O–H groups in total. The number of nitrogens with one attached hydrogen (secondary N) is 1. The Labute approximate surface area is 155 Å². The highest BCUT2D eigenvalue weighted by atomic mass is 35.5. The molecule has 1 aromatic carbocycles. The number of Topliss-reactive ketones (excluding diaryl/α,β-unsaturated/α-hetero) is 1. The van der Waals surface area contributed by atoms with Crippen LogP contribution in [0.2, 0.25) is 5.02 Å². The number of halogens is 1. The third kappa shape index (κ3) is 3.00. The van der Waals surface area contributed by atoms with Gasteiger partial charge in [-0.15, -0.1) is 11.7 Å². The maximum absolute atomic E-state index is 12.7. The van der Waals surface area contributed by atoms with Gasteiger partial charge < -0.3 is 5.32 Å². The van der Waals surface area contributed by atoms with Crippen molar-refractivity contribution in [2.24, 2.45) is 0 Å². The first-order valence-corrected chi connectivity index (χ1v) is 9.52. The molecular formula is C18H17ClN4OS. The van der Waals surface area contributed by atoms with Crippen LogP contribution in [0.15, 0.2) is 53.3 Å². The fourth-order valence-corrected chi connectivity index (χ4v) is 3.97. The van der Waals surface area contributed by atoms with Crippen molar-refractivity contribution >= 4 is 35.1 Å². The monoisotopic (exact) mass is 372 g/mol. The second kappa shape index (κ2) is 6.69. The maximum Gasteiger partial charge on any atom is 0.227 e. The number of nitrogens with zero attached hydrogens (tertiary/aromatic N) is 3. The molecule has 25 heavy (non-hydrogen) atoms. The average molecular weight is 373 g/mol. The number of fused-ring (bicyclic) bond motifs is 1. The van der Waals surface area contributed by atoms with Gasteiger partial charge in [0.05, 0.1) is 0 Å². The van der Waals surface area contributed by atoms with Gasteiger partial charge in [0.2, 0.25) is 11.1 Å². The third-order valence-corrected chi connectivity index (χ3v) is 5.45. The van der Waals surface area contributed by atoms with Crippen LogP contribution in [0.1, 0.15) is 30.9 Å². The number of anilines is 1. The van der Waals surface area contributed by atoms with E-state index in [0.29, 0.717) is 22.5 Å². The van der Waals surface area contributed by atoms with Gasteiger partial charge >= 0.3 is 0 Å². The minimum absolute atomic E-state index is 0.176. The third-order valence-electron chi connectivity index (χ3n) is 4.36. The lowest BCUT2D eigenvalue weighted by molar-refractivity contribution is -0.116. The minimum atomic E-state index is -0.262. The predicted octanol–water partition coefficient (Wildman–Crippen LogP) is 4.23. The molecule has 128 valence electrons. The predicted molar refractivity (Wildman–Crippen MR) is 100 cm³/mol. The lowest BCUT2D eigenvalue weighted by Gasteiger charge is -2.32. The van der Waals surface area contributed by atoms with Crippen LogP contribution in [0.3, 0.4) is 0 Å². The molecule has 0 amide bonds. The lowest BCUT2D eigenvalue weighted by Crippen LogP contribution is -2.31. The first-order chi connectivity index (χ1) is 12.2. The van der Waals surface area contributed by atoms with Gasteiger partial charge in [-0.2, -0.15) is 4.98 Å². The quantitative estimate of drug-likeness (QED) is 0.642. The highest BCUT2D eigenvalue weighted by molar-refractivity contribution is 7.99. The second-order valence-electron chi connectivity index (χ2n) is 6.01. The summed E-state index contributed by atoms with van der Waals surface area (Å²) in [5, 5.41) is 9.30. The molecule has 0 fully saturated rings. The van der Waals surface area contributed by atoms with Gasteiger partial charge in [0.15, 0.2) is 5.78 Å². The van der Waals surface area contributed by atoms with Gasteiger partial charge in [-0.25, -0.2) is 4.68 Å². The van der Waals surface area contributed by atoms with Crippen LogP contribution in [-0.4, -0.2) is 26.3 Å². The van der Waals surface area contributed by atoms with Crippen molar-refractivity contribution in [2.45, 2.75) is 30.5 Å². The molecule has 0 saturated heterocycles. The molecule has 0 bridgehead atoms. The summed E-state index contributed by atoms with van der Waals surface area (Å²) in [6.45, 7) is 3.73. The van der Waals surface area contributed by atoms with Crippen LogP contribution in [0.5, 0.6) is 0 Å². The summed E-state index contributed by atoms with van der Waals surface area (Å²) in [4.78, 5) is 17.2. The van der Waals surface area contributed by atoms with Crippen molar-refractivity contribution in [1.29, 1.82) is 0 Å². The Bertz CT molecular complexity index is 872. The number of allylic oxidation sites excluding steroid dienone is 2. The molecule has 1 aliphatic heterocycles. The molecule has 7 heteroatoms. The molecule has 2 aromatic rings. The SMILES string of the molecule is C=CCSc1nc2n(n1)[C@H](c1ccc(Cl)cc1)C1=C(CCCC1=O)N2. The Hall–Kier alpha value is -2.05. The number of hydrogen-bond acceptors (Lipinski definition) is 5. The van der Waals surface area contributed by atoms with Crippen LogP contribution in [-0.2, 0) is 4.79 Å². The van der Waals surface area contributed by atoms with E-state index >= 15 is 0 Å². The van der Waals surface area contributed by atoms with Gasteiger partial charge in [-0.3, -0.25) is 4.79 Å². The zero-order valence-corrected chi connectivity index (χ0v) is 15.1. The number of ketones is 1. The molecule has 1 aromatic heterocycles. The number of hydrogen-bond donors (Lipinski definition) is 1. The number of rotatable bonds is 4. The standard InChI is InChI=1S/C18H17ClN4OS/c1-2-10-25-18-21-17-20-13-4-3-5-14(24)15(13)16(23(17)22-18)11-6-8-12(19)9-7-11/h2,6-9,16H,1,3-5,10H2,(H,20,21,22)/t16-/m1/s1. The first kappa shape index (κ1) is 16.4. The molecule has 4 rings (SSSR count). The number of aromatic nitrogens is 3. The summed E-state index contributed by atoms with van der Waals surface area (Å²) in [6, 6.07) is 7.33. The van der Waals surface area contributed by atoms with Crippen LogP contribution in [0.4, 0.5) is 5.95 Å². The van der Waals surface area contributed by atoms with Crippen molar-refractivity contribution in [3.05, 3.63) is 58.8 Å². The summed E-state index contributed by atoms with van der Waals surface area (Å²) in [5.74, 6) is 1.59. The van der Waals surface area contributed by atoms with E-state index in [0.717, 1.165) is 35.4 Å². The molecule has 2 heterocycles. The van der Waals surface area contributed by atoms with Crippen molar-refractivity contribution < 1.29 is 4.79 Å². The average Bonchev–Trinajstić information content (AvgIpc) is 3.01. The van der Waals surface area contributed by atoms with E-state index < -0.39 is 0 Å². The zero-order chi connectivity index (χ0) is 17.4. The van der Waals surface area contributed by atoms with E-state index in [1.165, 1.54) is 11.8 Å². The van der Waals surface area contributed by atoms with E-state index in [2.05, 4.69) is 22.0 Å². The number of carbonyl (C=O) groups excluding carboxylic acids is 1. The fraction of sp³-hybridized carbons (Fsp3) is 0.278. The molecule has 0 spiro atoms. The van der Waals surface area contributed by atoms with Crippen LogP contribution in [0.25, 0.3) is 0 Å². The van der Waals surface area contributed by atoms with Crippen molar-refractivity contribution in [3.8, 4) is 0 Å². The van der Waals surface area contributed by atoms with Crippen LogP contribution in [0, 0.1) is 0 Å². The van der Waals surface area contributed by atoms with Gasteiger partial charge in [0.25, 0.3) is 0 Å². The Kier molecular flexibility index (Phi) is 4.39. The van der Waals surface area contributed by atoms with E-state index in [1.807, 2.05) is 35.0 Å². The topological polar surface area (TPSA) is 59.8 Å². The maximum atomic E-state index is 12.7. The normalized spacial score (nSPS) is 19.2. The van der Waals surface area contributed by atoms with Crippen LogP contribution >= 0.6 is 23.4 Å². The van der Waals surface area contributed by atoms with Crippen molar-refractivity contribution in [3.63, 3.8) is 0 Å². The zero-order valence-electron chi connectivity index (χ0n) is 13.5. The molecule has 0 unspecified atom stereocenters. The van der Waals surface area contributed by atoms with Gasteiger partial charge in [-0.1, -0.05) is 41.6 Å². The summed E-state index contributed by atoms with van der Waals surface area (Å²) in [5.41, 5.74) is 2.75. The highest BCUT2D eigenvalue weighted by Crippen LogP contribution is 2.40. The van der Waals surface area contributed by atoms with E-state index in [4.69, 9.17) is 11.6 Å². The second-order valence-corrected chi connectivity index (χ2v) is 7.43. The number of carbonyl (C=O) groups is 1. The van der Waals surface area contributed by atoms with Crippen molar-refractivity contribution in [2.75, 3.05) is 11.1 Å². The Morgan fingerprint density at radius 1 is 1.36 bits per heavy atom. The van der Waals surface area contributed by atoms with E-state index in [9.17, 15) is 4.79 Å². The molecule has 0 radical (unpaired) electrons. The minimum Gasteiger partial charge on any atom is -0.328 e. The van der Waals surface area contributed by atoms with Crippen molar-refractivity contribution in [1.82, 2.24) is 14.8 Å². The molecule has 0 saturated carbocycles. The van der Waals surface area contributed by atoms with Gasteiger partial charge in [0, 0.05) is 28.5 Å². The highest BCUT2D eigenvalue weighted by Gasteiger charge is 2.36. The number of benzene rings is 1. The lowest BCUT2D eigenvalue weighted by atomic mass is 9.85. The largest absolute Gasteiger partial charge is 0.328 e. The number of thioether (sulfide) groups is 1. The summed E-state index contributed by atoms with van der Waals surface area (Å²) in [6.07, 6.45) is 4.12. The van der Waals surface area contributed by atoms with E-state index in [-0.39, 0.29) is 11.8 Å². The first-order valence-electron chi connectivity index (χ1n) is 8.16. The summed E-state index contributed by atoms with van der Waals surface area (Å²) in [7, 11) is 0. The smallest absolute Gasteiger partial charge is 0.227 e. The summed E-state index contributed by atoms with van der Waals surface area (Å²) < 4.78 is 1.82. The molecule has 2 aliphatic rings. The Morgan fingerprint density at radius 2 is 2.16 bits per heavy atom. The van der Waals surface area contributed by atoms with E-state index in [1.54, 1.807) is 0 Å². The fourth-order valence-electron chi connectivity index (χ4n) is 3.28. The van der Waals surface area contributed by atoms with Gasteiger partial charge in [-0.05, 0) is 30.5 Å². The Morgan fingerprint density at radius 3 is 2.92 bits per heavy atom. The van der Waals surface area contributed by atoms with Crippen LogP contribution < -0.4 is 5.32 Å². The molecular weight excluding hydrogens is 356 g/mol.